The molecule has 1 aromatic carbocycles. The van der Waals surface area contributed by atoms with Gasteiger partial charge in [-0.2, -0.15) is 0 Å². The summed E-state index contributed by atoms with van der Waals surface area (Å²) < 4.78 is 9.99. The summed E-state index contributed by atoms with van der Waals surface area (Å²) in [4.78, 5) is 28.2. The number of likely N-dealkylation sites (tertiary alicyclic amines) is 2. The van der Waals surface area contributed by atoms with E-state index >= 15 is 0 Å². The predicted octanol–water partition coefficient (Wildman–Crippen LogP) is 2.49. The smallest absolute Gasteiger partial charge is 0.409 e. The quantitative estimate of drug-likeness (QED) is 0.844. The molecule has 0 bridgehead atoms. The van der Waals surface area contributed by atoms with Crippen LogP contribution in [0.1, 0.15) is 30.7 Å². The molecule has 2 aliphatic heterocycles. The van der Waals surface area contributed by atoms with Crippen LogP contribution in [-0.2, 0) is 9.53 Å². The molecule has 0 aliphatic carbocycles. The predicted molar refractivity (Wildman–Crippen MR) is 93.6 cm³/mol. The Kier molecular flexibility index (Phi) is 5.46. The maximum atomic E-state index is 12.9. The van der Waals surface area contributed by atoms with Crippen LogP contribution in [-0.4, -0.2) is 62.2 Å². The third-order valence-electron chi connectivity index (χ3n) is 5.29. The number of hydrogen-bond acceptors (Lipinski definition) is 4. The molecule has 1 aromatic rings. The molecule has 2 fully saturated rings. The van der Waals surface area contributed by atoms with Gasteiger partial charge >= 0.3 is 6.09 Å². The second-order valence-corrected chi connectivity index (χ2v) is 6.80. The summed E-state index contributed by atoms with van der Waals surface area (Å²) in [5.74, 6) is 1.28. The van der Waals surface area contributed by atoms with Gasteiger partial charge in [0.1, 0.15) is 5.75 Å². The van der Waals surface area contributed by atoms with Crippen molar-refractivity contribution in [1.82, 2.24) is 9.80 Å². The van der Waals surface area contributed by atoms with Gasteiger partial charge < -0.3 is 19.3 Å². The first-order chi connectivity index (χ1) is 12.1. The molecule has 136 valence electrons. The molecule has 3 rings (SSSR count). The van der Waals surface area contributed by atoms with Crippen LogP contribution in [0.2, 0.25) is 0 Å². The fourth-order valence-electron chi connectivity index (χ4n) is 3.84. The summed E-state index contributed by atoms with van der Waals surface area (Å²) in [5.41, 5.74) is 1.25. The molecule has 2 aliphatic rings. The average molecular weight is 346 g/mol. The number of methoxy groups -OCH3 is 2. The number of carbonyl (C=O) groups excluding carboxylic acids is 2. The van der Waals surface area contributed by atoms with Crippen molar-refractivity contribution in [2.75, 3.05) is 40.4 Å². The van der Waals surface area contributed by atoms with Crippen LogP contribution < -0.4 is 4.74 Å². The fourth-order valence-corrected chi connectivity index (χ4v) is 3.84. The van der Waals surface area contributed by atoms with E-state index < -0.39 is 0 Å². The molecule has 0 N–H and O–H groups in total. The van der Waals surface area contributed by atoms with Crippen LogP contribution in [0.4, 0.5) is 4.79 Å². The molecule has 2 heterocycles. The highest BCUT2D eigenvalue weighted by atomic mass is 16.5. The van der Waals surface area contributed by atoms with Crippen molar-refractivity contribution in [3.8, 4) is 5.75 Å². The topological polar surface area (TPSA) is 59.1 Å². The lowest BCUT2D eigenvalue weighted by atomic mass is 9.96. The fraction of sp³-hybridized carbons (Fsp3) is 0.579. The number of benzene rings is 1. The average Bonchev–Trinajstić information content (AvgIpc) is 3.17. The van der Waals surface area contributed by atoms with Crippen LogP contribution in [0.25, 0.3) is 0 Å². The molecule has 0 spiro atoms. The number of piperidine rings is 1. The molecule has 25 heavy (non-hydrogen) atoms. The van der Waals surface area contributed by atoms with Crippen LogP contribution >= 0.6 is 0 Å². The van der Waals surface area contributed by atoms with Crippen molar-refractivity contribution in [2.24, 2.45) is 5.92 Å². The van der Waals surface area contributed by atoms with Crippen molar-refractivity contribution in [3.63, 3.8) is 0 Å². The van der Waals surface area contributed by atoms with Crippen molar-refractivity contribution in [3.05, 3.63) is 29.8 Å². The summed E-state index contributed by atoms with van der Waals surface area (Å²) in [6.07, 6.45) is 2.33. The SMILES string of the molecule is COC(=O)N1CCC[C@@H](C(=O)N2CC[C@H](c3ccc(OC)cc3)C2)C1. The van der Waals surface area contributed by atoms with E-state index in [0.29, 0.717) is 19.0 Å². The number of amides is 2. The van der Waals surface area contributed by atoms with Crippen LogP contribution in [0.15, 0.2) is 24.3 Å². The minimum absolute atomic E-state index is 0.109. The monoisotopic (exact) mass is 346 g/mol. The van der Waals surface area contributed by atoms with E-state index in [2.05, 4.69) is 12.1 Å². The maximum Gasteiger partial charge on any atom is 0.409 e. The lowest BCUT2D eigenvalue weighted by Gasteiger charge is -2.33. The van der Waals surface area contributed by atoms with Crippen LogP contribution in [0.3, 0.4) is 0 Å². The zero-order valence-electron chi connectivity index (χ0n) is 14.9. The highest BCUT2D eigenvalue weighted by Gasteiger charge is 2.35. The van der Waals surface area contributed by atoms with Gasteiger partial charge in [0.15, 0.2) is 0 Å². The highest BCUT2D eigenvalue weighted by molar-refractivity contribution is 5.80. The molecule has 0 unspecified atom stereocenters. The first-order valence-electron chi connectivity index (χ1n) is 8.88. The minimum atomic E-state index is -0.338. The summed E-state index contributed by atoms with van der Waals surface area (Å²) in [7, 11) is 3.04. The van der Waals surface area contributed by atoms with Gasteiger partial charge in [0.2, 0.25) is 5.91 Å². The first kappa shape index (κ1) is 17.6. The van der Waals surface area contributed by atoms with E-state index in [9.17, 15) is 9.59 Å². The van der Waals surface area contributed by atoms with Crippen molar-refractivity contribution in [1.29, 1.82) is 0 Å². The van der Waals surface area contributed by atoms with E-state index in [1.807, 2.05) is 17.0 Å². The Bertz CT molecular complexity index is 616. The lowest BCUT2D eigenvalue weighted by Crippen LogP contribution is -2.46. The largest absolute Gasteiger partial charge is 0.497 e. The molecule has 2 saturated heterocycles. The molecule has 6 nitrogen and oxygen atoms in total. The lowest BCUT2D eigenvalue weighted by molar-refractivity contribution is -0.136. The number of hydrogen-bond donors (Lipinski definition) is 0. The molecule has 2 amide bonds. The summed E-state index contributed by atoms with van der Waals surface area (Å²) in [6, 6.07) is 8.10. The molecule has 2 atom stereocenters. The standard InChI is InChI=1S/C19H26N2O4/c1-24-17-7-5-14(6-8-17)15-9-11-20(12-15)18(22)16-4-3-10-21(13-16)19(23)25-2/h5-8,15-16H,3-4,9-13H2,1-2H3/t15-,16+/m0/s1. The van der Waals surface area contributed by atoms with E-state index in [0.717, 1.165) is 38.1 Å². The number of nitrogens with zero attached hydrogens (tertiary/aromatic N) is 2. The van der Waals surface area contributed by atoms with Crippen molar-refractivity contribution < 1.29 is 19.1 Å². The van der Waals surface area contributed by atoms with E-state index in [1.165, 1.54) is 12.7 Å². The van der Waals surface area contributed by atoms with Gasteiger partial charge in [0.25, 0.3) is 0 Å². The second-order valence-electron chi connectivity index (χ2n) is 6.80. The third-order valence-corrected chi connectivity index (χ3v) is 5.29. The summed E-state index contributed by atoms with van der Waals surface area (Å²) in [6.45, 7) is 2.67. The Morgan fingerprint density at radius 2 is 1.76 bits per heavy atom. The Labute approximate surface area is 148 Å². The molecular weight excluding hydrogens is 320 g/mol. The van der Waals surface area contributed by atoms with Gasteiger partial charge in [-0.1, -0.05) is 12.1 Å². The molecular formula is C19H26N2O4. The van der Waals surface area contributed by atoms with Crippen molar-refractivity contribution >= 4 is 12.0 Å². The minimum Gasteiger partial charge on any atom is -0.497 e. The van der Waals surface area contributed by atoms with Gasteiger partial charge in [-0.05, 0) is 37.0 Å². The van der Waals surface area contributed by atoms with Gasteiger partial charge in [0.05, 0.1) is 20.1 Å². The number of ether oxygens (including phenoxy) is 2. The number of carbonyl (C=O) groups is 2. The Balaban J connectivity index is 1.59. The van der Waals surface area contributed by atoms with Gasteiger partial charge in [-0.15, -0.1) is 0 Å². The zero-order valence-corrected chi connectivity index (χ0v) is 14.9. The third kappa shape index (κ3) is 3.89. The highest BCUT2D eigenvalue weighted by Crippen LogP contribution is 2.30. The van der Waals surface area contributed by atoms with Crippen LogP contribution in [0.5, 0.6) is 5.75 Å². The van der Waals surface area contributed by atoms with E-state index in [1.54, 1.807) is 12.0 Å². The normalized spacial score (nSPS) is 23.4. The van der Waals surface area contributed by atoms with E-state index in [4.69, 9.17) is 9.47 Å². The number of rotatable bonds is 3. The molecule has 0 saturated carbocycles. The van der Waals surface area contributed by atoms with Gasteiger partial charge in [-0.25, -0.2) is 4.79 Å². The van der Waals surface area contributed by atoms with Crippen molar-refractivity contribution in [2.45, 2.75) is 25.2 Å². The zero-order chi connectivity index (χ0) is 17.8. The Morgan fingerprint density at radius 1 is 1.00 bits per heavy atom. The van der Waals surface area contributed by atoms with Gasteiger partial charge in [0, 0.05) is 32.1 Å². The Hall–Kier alpha value is -2.24. The maximum absolute atomic E-state index is 12.9. The summed E-state index contributed by atoms with van der Waals surface area (Å²) >= 11 is 0. The summed E-state index contributed by atoms with van der Waals surface area (Å²) in [5, 5.41) is 0. The van der Waals surface area contributed by atoms with Crippen LogP contribution in [0, 0.1) is 5.92 Å². The van der Waals surface area contributed by atoms with Gasteiger partial charge in [-0.3, -0.25) is 4.79 Å². The molecule has 0 aromatic heterocycles. The molecule has 0 radical (unpaired) electrons. The van der Waals surface area contributed by atoms with E-state index in [-0.39, 0.29) is 17.9 Å². The first-order valence-corrected chi connectivity index (χ1v) is 8.88. The second kappa shape index (κ2) is 7.76. The Morgan fingerprint density at radius 3 is 2.44 bits per heavy atom. The molecule has 6 heteroatoms.